The van der Waals surface area contributed by atoms with E-state index in [1.807, 2.05) is 17.5 Å². The monoisotopic (exact) mass is 359 g/mol. The van der Waals surface area contributed by atoms with Crippen LogP contribution in [0.1, 0.15) is 10.4 Å². The molecule has 0 atom stereocenters. The number of benzene rings is 1. The smallest absolute Gasteiger partial charge is 0.322 e. The summed E-state index contributed by atoms with van der Waals surface area (Å²) in [5.41, 5.74) is 0.261. The zero-order chi connectivity index (χ0) is 17.6. The number of nitrogens with zero attached hydrogens (tertiary/aromatic N) is 2. The van der Waals surface area contributed by atoms with Gasteiger partial charge in [-0.05, 0) is 23.6 Å². The van der Waals surface area contributed by atoms with Crippen molar-refractivity contribution in [3.63, 3.8) is 0 Å². The van der Waals surface area contributed by atoms with Crippen LogP contribution < -0.4 is 14.8 Å². The predicted molar refractivity (Wildman–Crippen MR) is 90.1 cm³/mol. The summed E-state index contributed by atoms with van der Waals surface area (Å²) in [5.74, 6) is 0.562. The number of aromatic nitrogens is 2. The minimum Gasteiger partial charge on any atom is -0.496 e. The predicted octanol–water partition coefficient (Wildman–Crippen LogP) is 2.64. The van der Waals surface area contributed by atoms with Gasteiger partial charge in [-0.25, -0.2) is 0 Å². The first-order valence-electron chi connectivity index (χ1n) is 7.14. The van der Waals surface area contributed by atoms with Crippen LogP contribution in [-0.2, 0) is 4.79 Å². The number of rotatable bonds is 7. The van der Waals surface area contributed by atoms with Gasteiger partial charge >= 0.3 is 6.01 Å². The van der Waals surface area contributed by atoms with Crippen molar-refractivity contribution in [3.8, 4) is 22.3 Å². The molecule has 0 saturated carbocycles. The number of methoxy groups -OCH3 is 1. The van der Waals surface area contributed by atoms with E-state index in [2.05, 4.69) is 15.5 Å². The van der Waals surface area contributed by atoms with Gasteiger partial charge in [0.2, 0.25) is 0 Å². The Bertz CT molecular complexity index is 876. The number of hydrogen-bond donors (Lipinski definition) is 1. The molecular formula is C16H13N3O5S. The topological polar surface area (TPSA) is 104 Å². The lowest BCUT2D eigenvalue weighted by Gasteiger charge is -2.09. The number of carbonyl (C=O) groups is 2. The van der Waals surface area contributed by atoms with E-state index in [0.717, 1.165) is 4.88 Å². The molecule has 2 aromatic heterocycles. The maximum atomic E-state index is 12.4. The molecule has 25 heavy (non-hydrogen) atoms. The summed E-state index contributed by atoms with van der Waals surface area (Å²) in [7, 11) is 1.43. The summed E-state index contributed by atoms with van der Waals surface area (Å²) < 4.78 is 15.8. The third kappa shape index (κ3) is 3.83. The molecule has 0 radical (unpaired) electrons. The lowest BCUT2D eigenvalue weighted by molar-refractivity contribution is -0.109. The van der Waals surface area contributed by atoms with Crippen molar-refractivity contribution in [1.29, 1.82) is 0 Å². The fourth-order valence-electron chi connectivity index (χ4n) is 2.02. The number of hydrogen-bond acceptors (Lipinski definition) is 8. The van der Waals surface area contributed by atoms with Crippen molar-refractivity contribution in [3.05, 3.63) is 41.3 Å². The Labute approximate surface area is 146 Å². The molecule has 3 rings (SSSR count). The average molecular weight is 359 g/mol. The summed E-state index contributed by atoms with van der Waals surface area (Å²) in [5, 5.41) is 12.1. The van der Waals surface area contributed by atoms with Crippen LogP contribution in [0.2, 0.25) is 0 Å². The molecule has 128 valence electrons. The molecule has 0 spiro atoms. The first-order chi connectivity index (χ1) is 12.2. The zero-order valence-corrected chi connectivity index (χ0v) is 13.9. The van der Waals surface area contributed by atoms with E-state index in [1.54, 1.807) is 6.07 Å². The summed E-state index contributed by atoms with van der Waals surface area (Å²) in [6, 6.07) is 8.28. The molecule has 0 saturated heterocycles. The maximum Gasteiger partial charge on any atom is 0.322 e. The van der Waals surface area contributed by atoms with Crippen molar-refractivity contribution >= 4 is 29.5 Å². The lowest BCUT2D eigenvalue weighted by Crippen LogP contribution is -2.13. The van der Waals surface area contributed by atoms with E-state index in [1.165, 1.54) is 30.6 Å². The van der Waals surface area contributed by atoms with Gasteiger partial charge in [0.25, 0.3) is 11.8 Å². The molecule has 2 heterocycles. The van der Waals surface area contributed by atoms with Gasteiger partial charge in [-0.1, -0.05) is 11.2 Å². The van der Waals surface area contributed by atoms with Crippen LogP contribution in [0.4, 0.5) is 6.01 Å². The fourth-order valence-corrected chi connectivity index (χ4v) is 2.66. The molecule has 0 bridgehead atoms. The van der Waals surface area contributed by atoms with Crippen LogP contribution >= 0.6 is 11.3 Å². The Kier molecular flexibility index (Phi) is 5.05. The van der Waals surface area contributed by atoms with E-state index >= 15 is 0 Å². The van der Waals surface area contributed by atoms with Gasteiger partial charge in [-0.3, -0.25) is 14.9 Å². The Morgan fingerprint density at radius 3 is 2.96 bits per heavy atom. The van der Waals surface area contributed by atoms with Crippen LogP contribution in [0, 0.1) is 0 Å². The number of carbonyl (C=O) groups excluding carboxylic acids is 2. The van der Waals surface area contributed by atoms with Crippen LogP contribution in [0.5, 0.6) is 11.5 Å². The first kappa shape index (κ1) is 16.7. The quantitative estimate of drug-likeness (QED) is 0.647. The molecule has 1 amide bonds. The number of aldehydes is 1. The first-order valence-corrected chi connectivity index (χ1v) is 8.02. The van der Waals surface area contributed by atoms with E-state index in [-0.39, 0.29) is 18.2 Å². The average Bonchev–Trinajstić information content (AvgIpc) is 3.31. The number of nitrogens with one attached hydrogen (secondary N) is 1. The maximum absolute atomic E-state index is 12.4. The zero-order valence-electron chi connectivity index (χ0n) is 13.1. The molecule has 3 aromatic rings. The minimum absolute atomic E-state index is 0.0169. The summed E-state index contributed by atoms with van der Waals surface area (Å²) in [4.78, 5) is 23.6. The largest absolute Gasteiger partial charge is 0.496 e. The van der Waals surface area contributed by atoms with Crippen molar-refractivity contribution in [1.82, 2.24) is 10.2 Å². The summed E-state index contributed by atoms with van der Waals surface area (Å²) in [6.45, 7) is -0.0812. The van der Waals surface area contributed by atoms with Gasteiger partial charge < -0.3 is 13.9 Å². The van der Waals surface area contributed by atoms with Crippen LogP contribution in [0.25, 0.3) is 10.8 Å². The highest BCUT2D eigenvalue weighted by molar-refractivity contribution is 7.13. The highest BCUT2D eigenvalue weighted by Gasteiger charge is 2.17. The highest BCUT2D eigenvalue weighted by atomic mass is 32.1. The van der Waals surface area contributed by atoms with Crippen LogP contribution in [0.3, 0.4) is 0 Å². The SMILES string of the molecule is COc1cc(OCC=O)ccc1C(=O)Nc1nnc(-c2cccs2)o1. The third-order valence-electron chi connectivity index (χ3n) is 3.11. The standard InChI is InChI=1S/C16H13N3O5S/c1-22-12-9-10(23-7-6-20)4-5-11(12)14(21)17-16-19-18-15(24-16)13-3-2-8-25-13/h2-6,8-9H,7H2,1H3,(H,17,19,21). The van der Waals surface area contributed by atoms with E-state index in [9.17, 15) is 9.59 Å². The fraction of sp³-hybridized carbons (Fsp3) is 0.125. The van der Waals surface area contributed by atoms with E-state index < -0.39 is 5.91 Å². The van der Waals surface area contributed by atoms with Gasteiger partial charge in [-0.15, -0.1) is 16.4 Å². The van der Waals surface area contributed by atoms with Crippen LogP contribution in [-0.4, -0.2) is 36.1 Å². The highest BCUT2D eigenvalue weighted by Crippen LogP contribution is 2.27. The van der Waals surface area contributed by atoms with Gasteiger partial charge in [0.15, 0.2) is 6.29 Å². The molecule has 9 heteroatoms. The van der Waals surface area contributed by atoms with Crippen molar-refractivity contribution in [2.24, 2.45) is 0 Å². The number of amides is 1. The van der Waals surface area contributed by atoms with Gasteiger partial charge in [0.1, 0.15) is 18.1 Å². The van der Waals surface area contributed by atoms with Crippen molar-refractivity contribution < 1.29 is 23.5 Å². The Hall–Kier alpha value is -3.20. The minimum atomic E-state index is -0.472. The van der Waals surface area contributed by atoms with Crippen LogP contribution in [0.15, 0.2) is 40.1 Å². The molecule has 0 aliphatic rings. The number of ether oxygens (including phenoxy) is 2. The molecule has 1 aromatic carbocycles. The van der Waals surface area contributed by atoms with Gasteiger partial charge in [-0.2, -0.15) is 0 Å². The van der Waals surface area contributed by atoms with Crippen molar-refractivity contribution in [2.75, 3.05) is 19.0 Å². The van der Waals surface area contributed by atoms with Gasteiger partial charge in [0.05, 0.1) is 17.6 Å². The van der Waals surface area contributed by atoms with E-state index in [0.29, 0.717) is 23.7 Å². The second-order valence-corrected chi connectivity index (χ2v) is 5.63. The Morgan fingerprint density at radius 1 is 1.36 bits per heavy atom. The molecule has 0 aliphatic carbocycles. The third-order valence-corrected chi connectivity index (χ3v) is 3.97. The number of thiophene rings is 1. The molecule has 0 unspecified atom stereocenters. The normalized spacial score (nSPS) is 10.3. The van der Waals surface area contributed by atoms with Crippen molar-refractivity contribution in [2.45, 2.75) is 0 Å². The van der Waals surface area contributed by atoms with Gasteiger partial charge in [0, 0.05) is 6.07 Å². The molecule has 0 aliphatic heterocycles. The van der Waals surface area contributed by atoms with E-state index in [4.69, 9.17) is 13.9 Å². The number of anilines is 1. The molecular weight excluding hydrogens is 346 g/mol. The molecule has 1 N–H and O–H groups in total. The summed E-state index contributed by atoms with van der Waals surface area (Å²) >= 11 is 1.45. The lowest BCUT2D eigenvalue weighted by atomic mass is 10.2. The molecule has 0 fully saturated rings. The second-order valence-electron chi connectivity index (χ2n) is 4.68. The summed E-state index contributed by atoms with van der Waals surface area (Å²) in [6.07, 6.45) is 0.633. The second kappa shape index (κ2) is 7.58. The Balaban J connectivity index is 1.75. The molecule has 8 nitrogen and oxygen atoms in total. The Morgan fingerprint density at radius 2 is 2.24 bits per heavy atom.